The zero-order valence-electron chi connectivity index (χ0n) is 30.0. The van der Waals surface area contributed by atoms with Crippen molar-refractivity contribution in [3.63, 3.8) is 0 Å². The van der Waals surface area contributed by atoms with Gasteiger partial charge in [0.15, 0.2) is 0 Å². The van der Waals surface area contributed by atoms with Gasteiger partial charge in [0.1, 0.15) is 0 Å². The van der Waals surface area contributed by atoms with Gasteiger partial charge in [0.2, 0.25) is 0 Å². The van der Waals surface area contributed by atoms with Crippen LogP contribution in [0.2, 0.25) is 0 Å². The fraction of sp³-hybridized carbons (Fsp3) is 0.0222. The number of benzene rings is 10. The Bertz CT molecular complexity index is 3320. The molecule has 11 aromatic rings. The van der Waals surface area contributed by atoms with Crippen molar-refractivity contribution in [3.05, 3.63) is 162 Å². The van der Waals surface area contributed by atoms with E-state index in [1.807, 2.05) is 55.6 Å². The lowest BCUT2D eigenvalue weighted by Gasteiger charge is -2.13. The molecule has 0 spiro atoms. The zero-order chi connectivity index (χ0) is 39.9. The van der Waals surface area contributed by atoms with Crippen LogP contribution in [0.5, 0.6) is 0 Å². The highest BCUT2D eigenvalue weighted by Crippen LogP contribution is 2.46. The van der Waals surface area contributed by atoms with Gasteiger partial charge in [-0.05, 0) is 115 Å². The summed E-state index contributed by atoms with van der Waals surface area (Å²) in [6, 6.07) is 36.7. The summed E-state index contributed by atoms with van der Waals surface area (Å²) >= 11 is 0. The number of hydrogen-bond donors (Lipinski definition) is 0. The van der Waals surface area contributed by atoms with Crippen molar-refractivity contribution in [1.29, 1.82) is 0 Å². The van der Waals surface area contributed by atoms with E-state index in [4.69, 9.17) is 0 Å². The third-order valence-corrected chi connectivity index (χ3v) is 11.8. The SMILES string of the molecule is Cn1c2cc(-c3cc4ccc5c([N+](=O)[O-])cc([N+](=O)[O-])c6ccc(c3)c4c56)ccc2c2ccc(-c3cc4ccc5c([N+](=O)[O-])cc([N+](=O)[O-])c6ccc(c3)c4c56)cc21. The average molecular weight is 762 g/mol. The highest BCUT2D eigenvalue weighted by molar-refractivity contribution is 6.28. The first-order valence-electron chi connectivity index (χ1n) is 18.1. The Morgan fingerprint density at radius 2 is 0.638 bits per heavy atom. The Morgan fingerprint density at radius 1 is 0.345 bits per heavy atom. The molecule has 0 unspecified atom stereocenters. The molecule has 1 heterocycles. The molecule has 0 atom stereocenters. The molecule has 11 rings (SSSR count). The maximum absolute atomic E-state index is 12.0. The van der Waals surface area contributed by atoms with Gasteiger partial charge in [0.05, 0.1) is 53.4 Å². The van der Waals surface area contributed by atoms with Crippen molar-refractivity contribution in [2.75, 3.05) is 0 Å². The van der Waals surface area contributed by atoms with Crippen LogP contribution in [0.3, 0.4) is 0 Å². The first-order valence-corrected chi connectivity index (χ1v) is 18.1. The van der Waals surface area contributed by atoms with Crippen LogP contribution in [-0.4, -0.2) is 24.3 Å². The molecule has 0 N–H and O–H groups in total. The molecular weight excluding hydrogens is 739 g/mol. The number of nitro benzene ring substituents is 4. The Morgan fingerprint density at radius 3 is 0.931 bits per heavy atom. The maximum atomic E-state index is 12.0. The molecule has 13 nitrogen and oxygen atoms in total. The van der Waals surface area contributed by atoms with Gasteiger partial charge in [0, 0.05) is 39.6 Å². The monoisotopic (exact) mass is 761 g/mol. The predicted molar refractivity (Wildman–Crippen MR) is 225 cm³/mol. The van der Waals surface area contributed by atoms with Gasteiger partial charge < -0.3 is 4.57 Å². The number of nitrogens with zero attached hydrogens (tertiary/aromatic N) is 5. The zero-order valence-corrected chi connectivity index (χ0v) is 30.0. The van der Waals surface area contributed by atoms with Crippen molar-refractivity contribution >= 4 is 109 Å². The third-order valence-electron chi connectivity index (χ3n) is 11.8. The van der Waals surface area contributed by atoms with Crippen LogP contribution < -0.4 is 0 Å². The van der Waals surface area contributed by atoms with Crippen molar-refractivity contribution in [2.24, 2.45) is 7.05 Å². The van der Waals surface area contributed by atoms with Crippen molar-refractivity contribution in [3.8, 4) is 22.3 Å². The van der Waals surface area contributed by atoms with Crippen molar-refractivity contribution in [2.45, 2.75) is 0 Å². The van der Waals surface area contributed by atoms with Crippen molar-refractivity contribution < 1.29 is 19.7 Å². The fourth-order valence-corrected chi connectivity index (χ4v) is 9.26. The predicted octanol–water partition coefficient (Wildman–Crippen LogP) is 12.1. The minimum absolute atomic E-state index is 0.303. The van der Waals surface area contributed by atoms with Crippen LogP contribution >= 0.6 is 0 Å². The summed E-state index contributed by atoms with van der Waals surface area (Å²) in [7, 11) is 2.01. The summed E-state index contributed by atoms with van der Waals surface area (Å²) in [4.78, 5) is 45.5. The quantitative estimate of drug-likeness (QED) is 0.0912. The first-order chi connectivity index (χ1) is 28.0. The summed E-state index contributed by atoms with van der Waals surface area (Å²) in [5, 5.41) is 57.1. The van der Waals surface area contributed by atoms with Crippen LogP contribution in [-0.2, 0) is 7.05 Å². The van der Waals surface area contributed by atoms with Gasteiger partial charge in [-0.1, -0.05) is 48.5 Å². The molecule has 10 aromatic carbocycles. The van der Waals surface area contributed by atoms with E-state index in [1.54, 1.807) is 24.3 Å². The maximum Gasteiger partial charge on any atom is 0.284 e. The molecule has 1 aromatic heterocycles. The van der Waals surface area contributed by atoms with E-state index in [0.29, 0.717) is 32.3 Å². The standard InChI is InChI=1S/C45H23N5O8/c1-46-36-18-22(28-14-24-4-10-32-38(47(51)52)20-39(48(53)54)33-11-5-25(15-28)42(24)44(32)33)2-8-30(36)31-9-3-23(19-37(31)46)29-16-26-6-12-34-40(49(55)56)21-41(50(57)58)35-13-7-27(17-29)43(26)45(34)35/h2-21H,1H3. The molecular formula is C45H23N5O8. The van der Waals surface area contributed by atoms with E-state index in [1.165, 1.54) is 0 Å². The van der Waals surface area contributed by atoms with Gasteiger partial charge in [0.25, 0.3) is 22.7 Å². The summed E-state index contributed by atoms with van der Waals surface area (Å²) in [6.45, 7) is 0. The molecule has 13 heteroatoms. The number of non-ortho nitro benzene ring substituents is 4. The van der Waals surface area contributed by atoms with Crippen LogP contribution in [0.4, 0.5) is 22.7 Å². The fourth-order valence-electron chi connectivity index (χ4n) is 9.26. The highest BCUT2D eigenvalue weighted by atomic mass is 16.6. The topological polar surface area (TPSA) is 177 Å². The Balaban J connectivity index is 1.04. The van der Waals surface area contributed by atoms with Crippen LogP contribution in [0.25, 0.3) is 109 Å². The largest absolute Gasteiger partial charge is 0.344 e. The van der Waals surface area contributed by atoms with Gasteiger partial charge in [-0.3, -0.25) is 40.5 Å². The van der Waals surface area contributed by atoms with E-state index in [-0.39, 0.29) is 22.7 Å². The molecule has 0 saturated carbocycles. The molecule has 0 bridgehead atoms. The molecule has 0 aliphatic rings. The molecule has 0 radical (unpaired) electrons. The van der Waals surface area contributed by atoms with Crippen molar-refractivity contribution in [1.82, 2.24) is 4.57 Å². The Labute approximate surface area is 323 Å². The lowest BCUT2D eigenvalue weighted by Crippen LogP contribution is -1.97. The number of rotatable bonds is 6. The number of hydrogen-bond acceptors (Lipinski definition) is 8. The number of nitro groups is 4. The first kappa shape index (κ1) is 33.1. The van der Waals surface area contributed by atoms with E-state index >= 15 is 0 Å². The van der Waals surface area contributed by atoms with Gasteiger partial charge >= 0.3 is 0 Å². The molecule has 0 fully saturated rings. The van der Waals surface area contributed by atoms with E-state index < -0.39 is 19.7 Å². The van der Waals surface area contributed by atoms with Gasteiger partial charge in [-0.15, -0.1) is 0 Å². The van der Waals surface area contributed by atoms with Crippen LogP contribution in [0.15, 0.2) is 121 Å². The second-order valence-electron chi connectivity index (χ2n) is 14.7. The minimum Gasteiger partial charge on any atom is -0.344 e. The smallest absolute Gasteiger partial charge is 0.284 e. The molecule has 276 valence electrons. The molecule has 0 aliphatic carbocycles. The Kier molecular flexibility index (Phi) is 6.48. The summed E-state index contributed by atoms with van der Waals surface area (Å²) in [6.07, 6.45) is 0. The number of aryl methyl sites for hydroxylation is 1. The van der Waals surface area contributed by atoms with Gasteiger partial charge in [-0.2, -0.15) is 0 Å². The summed E-state index contributed by atoms with van der Waals surface area (Å²) in [5.41, 5.74) is 4.54. The van der Waals surface area contributed by atoms with Crippen LogP contribution in [0.1, 0.15) is 0 Å². The Hall–Kier alpha value is -8.32. The molecule has 0 amide bonds. The van der Waals surface area contributed by atoms with Gasteiger partial charge in [-0.25, -0.2) is 0 Å². The molecule has 0 saturated heterocycles. The summed E-state index contributed by atoms with van der Waals surface area (Å²) in [5.74, 6) is 0. The lowest BCUT2D eigenvalue weighted by molar-refractivity contribution is -0.392. The second kappa shape index (κ2) is 11.4. The average Bonchev–Trinajstić information content (AvgIpc) is 3.50. The second-order valence-corrected chi connectivity index (χ2v) is 14.7. The van der Waals surface area contributed by atoms with E-state index in [2.05, 4.69) is 41.0 Å². The third kappa shape index (κ3) is 4.40. The highest BCUT2D eigenvalue weighted by Gasteiger charge is 2.27. The minimum atomic E-state index is -0.577. The van der Waals surface area contributed by atoms with E-state index in [0.717, 1.165) is 88.5 Å². The lowest BCUT2D eigenvalue weighted by atomic mass is 9.90. The molecule has 0 aliphatic heterocycles. The number of fused-ring (bicyclic) bond motifs is 3. The number of aromatic nitrogens is 1. The van der Waals surface area contributed by atoms with Crippen LogP contribution in [0, 0.1) is 40.5 Å². The normalized spacial score (nSPS) is 12.1. The van der Waals surface area contributed by atoms with E-state index in [9.17, 15) is 40.5 Å². The summed E-state index contributed by atoms with van der Waals surface area (Å²) < 4.78 is 2.14. The molecule has 58 heavy (non-hydrogen) atoms.